The van der Waals surface area contributed by atoms with Gasteiger partial charge in [0.25, 0.3) is 0 Å². The molecule has 21 heavy (non-hydrogen) atoms. The van der Waals surface area contributed by atoms with Crippen molar-refractivity contribution in [2.45, 2.75) is 38.3 Å². The van der Waals surface area contributed by atoms with Gasteiger partial charge in [0.1, 0.15) is 5.82 Å². The number of sulfonamides is 1. The van der Waals surface area contributed by atoms with Gasteiger partial charge in [0, 0.05) is 18.3 Å². The molecule has 0 radical (unpaired) electrons. The average Bonchev–Trinajstić information content (AvgIpc) is 2.43. The third kappa shape index (κ3) is 5.94. The highest BCUT2D eigenvalue weighted by Gasteiger charge is 2.21. The van der Waals surface area contributed by atoms with Crippen LogP contribution in [0.3, 0.4) is 0 Å². The number of benzene rings is 1. The zero-order chi connectivity index (χ0) is 15.9. The van der Waals surface area contributed by atoms with Crippen molar-refractivity contribution in [3.63, 3.8) is 0 Å². The second-order valence-electron chi connectivity index (χ2n) is 4.71. The number of halogens is 1. The molecule has 1 rings (SSSR count). The second kappa shape index (κ2) is 8.73. The van der Waals surface area contributed by atoms with Gasteiger partial charge in [0.05, 0.1) is 4.90 Å². The summed E-state index contributed by atoms with van der Waals surface area (Å²) in [5.41, 5.74) is 0.570. The van der Waals surface area contributed by atoms with E-state index in [9.17, 15) is 12.8 Å². The molecule has 2 N–H and O–H groups in total. The van der Waals surface area contributed by atoms with Crippen LogP contribution in [0.15, 0.2) is 23.1 Å². The Morgan fingerprint density at radius 3 is 2.67 bits per heavy atom. The Morgan fingerprint density at radius 1 is 1.33 bits per heavy atom. The number of rotatable bonds is 9. The van der Waals surface area contributed by atoms with E-state index in [2.05, 4.69) is 10.0 Å². The highest BCUT2D eigenvalue weighted by atomic mass is 32.2. The van der Waals surface area contributed by atoms with Crippen molar-refractivity contribution in [2.24, 2.45) is 0 Å². The Labute approximate surface area is 131 Å². The van der Waals surface area contributed by atoms with Gasteiger partial charge in [0.15, 0.2) is 0 Å². The smallest absolute Gasteiger partial charge is 0.241 e. The van der Waals surface area contributed by atoms with E-state index in [4.69, 9.17) is 0 Å². The average molecular weight is 334 g/mol. The Hall–Kier alpha value is -0.630. The van der Waals surface area contributed by atoms with E-state index in [1.807, 2.05) is 20.8 Å². The predicted molar refractivity (Wildman–Crippen MR) is 86.6 cm³/mol. The van der Waals surface area contributed by atoms with Crippen molar-refractivity contribution in [2.75, 3.05) is 18.1 Å². The molecule has 0 bridgehead atoms. The first-order chi connectivity index (χ1) is 9.90. The maximum atomic E-state index is 13.4. The maximum absolute atomic E-state index is 13.4. The van der Waals surface area contributed by atoms with Gasteiger partial charge < -0.3 is 5.32 Å². The van der Waals surface area contributed by atoms with Crippen molar-refractivity contribution in [1.82, 2.24) is 10.0 Å². The van der Waals surface area contributed by atoms with Crippen LogP contribution in [0.2, 0.25) is 0 Å². The third-order valence-electron chi connectivity index (χ3n) is 2.81. The summed E-state index contributed by atoms with van der Waals surface area (Å²) in [6, 6.07) is 3.67. The van der Waals surface area contributed by atoms with Crippen LogP contribution in [0.5, 0.6) is 0 Å². The predicted octanol–water partition coefficient (Wildman–Crippen LogP) is 2.36. The van der Waals surface area contributed by atoms with Crippen LogP contribution in [0, 0.1) is 5.82 Å². The molecule has 0 aliphatic heterocycles. The summed E-state index contributed by atoms with van der Waals surface area (Å²) in [4.78, 5) is 0.0109. The molecular weight excluding hydrogens is 311 g/mol. The van der Waals surface area contributed by atoms with Crippen LogP contribution < -0.4 is 10.0 Å². The normalized spacial score (nSPS) is 13.3. The van der Waals surface area contributed by atoms with E-state index in [1.165, 1.54) is 12.1 Å². The van der Waals surface area contributed by atoms with Crippen molar-refractivity contribution in [3.05, 3.63) is 29.6 Å². The minimum atomic E-state index is -3.72. The van der Waals surface area contributed by atoms with Gasteiger partial charge >= 0.3 is 0 Å². The second-order valence-corrected chi connectivity index (χ2v) is 7.72. The molecule has 1 atom stereocenters. The van der Waals surface area contributed by atoms with Crippen LogP contribution in [-0.2, 0) is 16.6 Å². The molecule has 4 nitrogen and oxygen atoms in total. The maximum Gasteiger partial charge on any atom is 0.241 e. The number of thioether (sulfide) groups is 1. The van der Waals surface area contributed by atoms with Gasteiger partial charge in [-0.3, -0.25) is 0 Å². The first kappa shape index (κ1) is 18.4. The molecule has 120 valence electrons. The summed E-state index contributed by atoms with van der Waals surface area (Å²) in [5.74, 6) is 1.07. The molecule has 0 saturated carbocycles. The van der Waals surface area contributed by atoms with E-state index < -0.39 is 15.8 Å². The zero-order valence-corrected chi connectivity index (χ0v) is 14.3. The Bertz CT molecular complexity index is 550. The lowest BCUT2D eigenvalue weighted by Crippen LogP contribution is -2.35. The first-order valence-corrected chi connectivity index (χ1v) is 9.63. The fraction of sp³-hybridized carbons (Fsp3) is 0.571. The van der Waals surface area contributed by atoms with Gasteiger partial charge in [-0.25, -0.2) is 17.5 Å². The Balaban J connectivity index is 2.97. The van der Waals surface area contributed by atoms with E-state index >= 15 is 0 Å². The van der Waals surface area contributed by atoms with Gasteiger partial charge in [0.2, 0.25) is 10.0 Å². The topological polar surface area (TPSA) is 58.2 Å². The first-order valence-electron chi connectivity index (χ1n) is 7.00. The van der Waals surface area contributed by atoms with Crippen molar-refractivity contribution >= 4 is 21.8 Å². The minimum Gasteiger partial charge on any atom is -0.313 e. The lowest BCUT2D eigenvalue weighted by atomic mass is 10.2. The number of hydrogen-bond acceptors (Lipinski definition) is 4. The van der Waals surface area contributed by atoms with E-state index in [0.717, 1.165) is 11.8 Å². The number of hydrogen-bond donors (Lipinski definition) is 2. The van der Waals surface area contributed by atoms with Crippen LogP contribution >= 0.6 is 11.8 Å². The molecule has 7 heteroatoms. The van der Waals surface area contributed by atoms with Gasteiger partial charge in [-0.15, -0.1) is 0 Å². The summed E-state index contributed by atoms with van der Waals surface area (Å²) in [7, 11) is -3.72. The monoisotopic (exact) mass is 334 g/mol. The standard InChI is InChI=1S/C14H23FN2O2S2/c1-4-16-9-12-6-7-13(15)8-14(12)21(18,19)17-11(3)10-20-5-2/h6-8,11,16-17H,4-5,9-10H2,1-3H3. The van der Waals surface area contributed by atoms with Crippen LogP contribution in [0.25, 0.3) is 0 Å². The summed E-state index contributed by atoms with van der Waals surface area (Å²) in [6.07, 6.45) is 0. The molecule has 0 saturated heterocycles. The minimum absolute atomic E-state index is 0.0109. The quantitative estimate of drug-likeness (QED) is 0.728. The Morgan fingerprint density at radius 2 is 2.05 bits per heavy atom. The van der Waals surface area contributed by atoms with Crippen molar-refractivity contribution in [3.8, 4) is 0 Å². The van der Waals surface area contributed by atoms with Crippen LogP contribution in [0.1, 0.15) is 26.3 Å². The van der Waals surface area contributed by atoms with Crippen molar-refractivity contribution in [1.29, 1.82) is 0 Å². The summed E-state index contributed by atoms with van der Waals surface area (Å²) >= 11 is 1.66. The summed E-state index contributed by atoms with van der Waals surface area (Å²) in [6.45, 7) is 6.87. The highest BCUT2D eigenvalue weighted by Crippen LogP contribution is 2.18. The fourth-order valence-electron chi connectivity index (χ4n) is 1.84. The zero-order valence-electron chi connectivity index (χ0n) is 12.6. The highest BCUT2D eigenvalue weighted by molar-refractivity contribution is 7.99. The fourth-order valence-corrected chi connectivity index (χ4v) is 4.11. The van der Waals surface area contributed by atoms with Gasteiger partial charge in [-0.05, 0) is 36.9 Å². The van der Waals surface area contributed by atoms with Crippen LogP contribution in [-0.4, -0.2) is 32.5 Å². The molecule has 0 amide bonds. The lowest BCUT2D eigenvalue weighted by molar-refractivity contribution is 0.564. The molecule has 0 fully saturated rings. The van der Waals surface area contributed by atoms with Crippen LogP contribution in [0.4, 0.5) is 4.39 Å². The molecule has 1 aromatic carbocycles. The molecule has 0 spiro atoms. The molecule has 0 aliphatic carbocycles. The molecule has 0 aromatic heterocycles. The summed E-state index contributed by atoms with van der Waals surface area (Å²) in [5, 5.41) is 3.07. The lowest BCUT2D eigenvalue weighted by Gasteiger charge is -2.16. The number of nitrogens with one attached hydrogen (secondary N) is 2. The van der Waals surface area contributed by atoms with Crippen molar-refractivity contribution < 1.29 is 12.8 Å². The summed E-state index contributed by atoms with van der Waals surface area (Å²) < 4.78 is 40.9. The molecule has 0 aliphatic rings. The molecule has 1 aromatic rings. The van der Waals surface area contributed by atoms with E-state index in [0.29, 0.717) is 24.4 Å². The Kier molecular flexibility index (Phi) is 7.65. The van der Waals surface area contributed by atoms with E-state index in [1.54, 1.807) is 11.8 Å². The van der Waals surface area contributed by atoms with E-state index in [-0.39, 0.29) is 10.9 Å². The largest absolute Gasteiger partial charge is 0.313 e. The molecule has 0 heterocycles. The SMILES string of the molecule is CCNCc1ccc(F)cc1S(=O)(=O)NC(C)CSCC. The molecular formula is C14H23FN2O2S2. The molecule has 1 unspecified atom stereocenters. The van der Waals surface area contributed by atoms with Gasteiger partial charge in [-0.2, -0.15) is 11.8 Å². The van der Waals surface area contributed by atoms with Gasteiger partial charge in [-0.1, -0.05) is 19.9 Å². The third-order valence-corrected chi connectivity index (χ3v) is 5.63.